The van der Waals surface area contributed by atoms with Gasteiger partial charge >= 0.3 is 0 Å². The maximum Gasteiger partial charge on any atom is 0.271 e. The van der Waals surface area contributed by atoms with Crippen LogP contribution in [0.1, 0.15) is 62.1 Å². The summed E-state index contributed by atoms with van der Waals surface area (Å²) in [6.07, 6.45) is 8.35. The molecule has 1 amide bonds. The zero-order chi connectivity index (χ0) is 22.7. The van der Waals surface area contributed by atoms with Crippen LogP contribution in [-0.2, 0) is 20.0 Å². The van der Waals surface area contributed by atoms with E-state index in [4.69, 9.17) is 9.97 Å². The van der Waals surface area contributed by atoms with Crippen molar-refractivity contribution in [2.75, 3.05) is 5.32 Å². The van der Waals surface area contributed by atoms with E-state index >= 15 is 0 Å². The molecule has 0 atom stereocenters. The molecule has 4 aromatic rings. The van der Waals surface area contributed by atoms with Gasteiger partial charge in [-0.3, -0.25) is 4.79 Å². The number of thiazole rings is 1. The van der Waals surface area contributed by atoms with E-state index in [0.717, 1.165) is 77.1 Å². The Hall–Kier alpha value is -2.94. The Balaban J connectivity index is 1.48. The van der Waals surface area contributed by atoms with E-state index in [1.54, 1.807) is 11.3 Å². The van der Waals surface area contributed by atoms with Crippen molar-refractivity contribution >= 4 is 50.3 Å². The lowest BCUT2D eigenvalue weighted by Crippen LogP contribution is -2.36. The fourth-order valence-electron chi connectivity index (χ4n) is 4.80. The molecule has 33 heavy (non-hydrogen) atoms. The fourth-order valence-corrected chi connectivity index (χ4v) is 5.55. The van der Waals surface area contributed by atoms with Crippen LogP contribution >= 0.6 is 11.3 Å². The lowest BCUT2D eigenvalue weighted by molar-refractivity contribution is 0.0719. The normalized spacial score (nSPS) is 16.1. The molecule has 4 aromatic heterocycles. The number of aromatic nitrogens is 5. The number of nitrogens with one attached hydrogen (secondary N) is 1. The van der Waals surface area contributed by atoms with E-state index in [1.165, 1.54) is 0 Å². The van der Waals surface area contributed by atoms with Crippen molar-refractivity contribution in [2.45, 2.75) is 71.0 Å². The highest BCUT2D eigenvalue weighted by molar-refractivity contribution is 7.13. The summed E-state index contributed by atoms with van der Waals surface area (Å²) in [7, 11) is 1.99. The highest BCUT2D eigenvalue weighted by Gasteiger charge is 2.43. The van der Waals surface area contributed by atoms with Crippen LogP contribution in [-0.4, -0.2) is 47.0 Å². The predicted molar refractivity (Wildman–Crippen MR) is 131 cm³/mol. The number of carbonyl (C=O) groups is 1. The number of aryl methyl sites for hydroxylation is 3. The Morgan fingerprint density at radius 1 is 1.21 bits per heavy atom. The number of pyridine rings is 1. The predicted octanol–water partition coefficient (Wildman–Crippen LogP) is 4.86. The van der Waals surface area contributed by atoms with Crippen molar-refractivity contribution in [3.63, 3.8) is 0 Å². The number of rotatable bonds is 8. The first-order chi connectivity index (χ1) is 16.1. The molecule has 0 aromatic carbocycles. The van der Waals surface area contributed by atoms with Crippen LogP contribution in [0.4, 0.5) is 10.9 Å². The molecule has 0 saturated heterocycles. The molecule has 2 aliphatic rings. The lowest BCUT2D eigenvalue weighted by Gasteiger charge is -2.22. The molecule has 6 rings (SSSR count). The van der Waals surface area contributed by atoms with Crippen molar-refractivity contribution in [2.24, 2.45) is 7.05 Å². The Bertz CT molecular complexity index is 1350. The molecule has 4 heterocycles. The minimum Gasteiger partial charge on any atom is -0.333 e. The minimum absolute atomic E-state index is 0.147. The van der Waals surface area contributed by atoms with Gasteiger partial charge in [0.2, 0.25) is 0 Å². The third kappa shape index (κ3) is 3.49. The van der Waals surface area contributed by atoms with Crippen LogP contribution in [0.5, 0.6) is 0 Å². The quantitative estimate of drug-likeness (QED) is 0.403. The van der Waals surface area contributed by atoms with Crippen molar-refractivity contribution in [3.8, 4) is 0 Å². The van der Waals surface area contributed by atoms with Crippen molar-refractivity contribution < 1.29 is 4.79 Å². The molecule has 9 heteroatoms. The molecule has 0 bridgehead atoms. The third-order valence-electron chi connectivity index (χ3n) is 6.64. The molecule has 0 spiro atoms. The van der Waals surface area contributed by atoms with E-state index in [2.05, 4.69) is 39.0 Å². The number of anilines is 2. The summed E-state index contributed by atoms with van der Waals surface area (Å²) in [6.45, 7) is 4.92. The van der Waals surface area contributed by atoms with Crippen LogP contribution in [0.3, 0.4) is 0 Å². The fraction of sp³-hybridized carbons (Fsp3) is 0.500. The second-order valence-electron chi connectivity index (χ2n) is 9.22. The average Bonchev–Trinajstić information content (AvgIpc) is 3.71. The summed E-state index contributed by atoms with van der Waals surface area (Å²) in [5.41, 5.74) is 4.42. The smallest absolute Gasteiger partial charge is 0.271 e. The Kier molecular flexibility index (Phi) is 4.90. The number of hydrogen-bond acceptors (Lipinski definition) is 6. The first-order valence-electron chi connectivity index (χ1n) is 12.0. The van der Waals surface area contributed by atoms with Crippen LogP contribution in [0, 0.1) is 0 Å². The molecule has 0 unspecified atom stereocenters. The number of imidazole rings is 1. The van der Waals surface area contributed by atoms with Crippen LogP contribution in [0.15, 0.2) is 17.8 Å². The second-order valence-corrected chi connectivity index (χ2v) is 10.1. The lowest BCUT2D eigenvalue weighted by atomic mass is 10.2. The van der Waals surface area contributed by atoms with Gasteiger partial charge in [0.25, 0.3) is 5.91 Å². The summed E-state index contributed by atoms with van der Waals surface area (Å²) < 4.78 is 4.08. The van der Waals surface area contributed by atoms with Crippen LogP contribution in [0.25, 0.3) is 22.1 Å². The molecule has 0 radical (unpaired) electrons. The molecular formula is C24H29N7OS. The van der Waals surface area contributed by atoms with Gasteiger partial charge in [-0.25, -0.2) is 15.0 Å². The van der Waals surface area contributed by atoms with E-state index in [1.807, 2.05) is 24.0 Å². The topological polar surface area (TPSA) is 80.9 Å². The van der Waals surface area contributed by atoms with Gasteiger partial charge in [0.1, 0.15) is 16.9 Å². The van der Waals surface area contributed by atoms with Crippen molar-refractivity contribution in [3.05, 3.63) is 29.2 Å². The summed E-state index contributed by atoms with van der Waals surface area (Å²) in [5.74, 6) is 0.831. The van der Waals surface area contributed by atoms with Gasteiger partial charge in [0.05, 0.1) is 17.5 Å². The van der Waals surface area contributed by atoms with E-state index < -0.39 is 0 Å². The van der Waals surface area contributed by atoms with Crippen molar-refractivity contribution in [1.82, 2.24) is 29.0 Å². The summed E-state index contributed by atoms with van der Waals surface area (Å²) in [5, 5.41) is 7.29. The minimum atomic E-state index is 0.147. The van der Waals surface area contributed by atoms with E-state index in [0.29, 0.717) is 24.4 Å². The highest BCUT2D eigenvalue weighted by atomic mass is 32.1. The first-order valence-corrected chi connectivity index (χ1v) is 12.8. The third-order valence-corrected chi connectivity index (χ3v) is 7.44. The van der Waals surface area contributed by atoms with Gasteiger partial charge < -0.3 is 19.4 Å². The first kappa shape index (κ1) is 20.7. The van der Waals surface area contributed by atoms with Crippen LogP contribution in [0.2, 0.25) is 0 Å². The zero-order valence-electron chi connectivity index (χ0n) is 19.3. The average molecular weight is 464 g/mol. The van der Waals surface area contributed by atoms with Gasteiger partial charge in [-0.05, 0) is 45.1 Å². The highest BCUT2D eigenvalue weighted by Crippen LogP contribution is 2.39. The molecule has 172 valence electrons. The maximum absolute atomic E-state index is 13.7. The summed E-state index contributed by atoms with van der Waals surface area (Å²) >= 11 is 1.58. The largest absolute Gasteiger partial charge is 0.333 e. The molecule has 1 N–H and O–H groups in total. The molecular weight excluding hydrogens is 434 g/mol. The van der Waals surface area contributed by atoms with Gasteiger partial charge in [-0.2, -0.15) is 0 Å². The zero-order valence-corrected chi connectivity index (χ0v) is 20.2. The van der Waals surface area contributed by atoms with E-state index in [9.17, 15) is 4.79 Å². The molecule has 2 saturated carbocycles. The molecule has 0 aliphatic heterocycles. The maximum atomic E-state index is 13.7. The van der Waals surface area contributed by atoms with Gasteiger partial charge in [-0.1, -0.05) is 13.3 Å². The second kappa shape index (κ2) is 7.83. The van der Waals surface area contributed by atoms with Crippen LogP contribution < -0.4 is 5.32 Å². The van der Waals surface area contributed by atoms with Gasteiger partial charge in [-0.15, -0.1) is 11.3 Å². The monoisotopic (exact) mass is 463 g/mol. The Morgan fingerprint density at radius 2 is 1.97 bits per heavy atom. The van der Waals surface area contributed by atoms with Gasteiger partial charge in [0.15, 0.2) is 10.9 Å². The Morgan fingerprint density at radius 3 is 2.64 bits per heavy atom. The van der Waals surface area contributed by atoms with Gasteiger partial charge in [0, 0.05) is 36.4 Å². The van der Waals surface area contributed by atoms with E-state index in [-0.39, 0.29) is 5.91 Å². The number of amides is 1. The molecule has 2 aliphatic carbocycles. The molecule has 2 fully saturated rings. The standard InChI is InChI=1S/C24H29N7OS/c1-4-6-14-12-33-24(26-14)28-21-19-20(29(3)13-25-19)17-11-18(30(5-2)22(17)27-21)23(32)31(15-7-8-15)16-9-10-16/h11-13,15-16H,4-10H2,1-3H3,(H,26,27,28). The number of fused-ring (bicyclic) bond motifs is 3. The number of nitrogens with zero attached hydrogens (tertiary/aromatic N) is 6. The number of carbonyl (C=O) groups excluding carboxylic acids is 1. The summed E-state index contributed by atoms with van der Waals surface area (Å²) in [4.78, 5) is 30.2. The number of hydrogen-bond donors (Lipinski definition) is 1. The summed E-state index contributed by atoms with van der Waals surface area (Å²) in [6, 6.07) is 2.86. The Labute approximate surface area is 196 Å². The SMILES string of the molecule is CCCc1csc(Nc2nc3c(cc(C(=O)N(C4CC4)C4CC4)n3CC)c3c2ncn3C)n1. The molecule has 8 nitrogen and oxygen atoms in total. The van der Waals surface area contributed by atoms with Crippen molar-refractivity contribution in [1.29, 1.82) is 0 Å².